The van der Waals surface area contributed by atoms with Crippen molar-refractivity contribution in [1.82, 2.24) is 10.3 Å². The van der Waals surface area contributed by atoms with Gasteiger partial charge in [-0.1, -0.05) is 13.8 Å². The van der Waals surface area contributed by atoms with Gasteiger partial charge in [-0.25, -0.2) is 4.79 Å². The lowest BCUT2D eigenvalue weighted by Gasteiger charge is -2.11. The van der Waals surface area contributed by atoms with Crippen molar-refractivity contribution in [2.24, 2.45) is 0 Å². The molecule has 0 radical (unpaired) electrons. The van der Waals surface area contributed by atoms with E-state index in [1.807, 2.05) is 12.1 Å². The van der Waals surface area contributed by atoms with Crippen molar-refractivity contribution in [3.05, 3.63) is 24.0 Å². The third kappa shape index (κ3) is 3.43. The van der Waals surface area contributed by atoms with E-state index in [-0.39, 0.29) is 5.97 Å². The predicted molar refractivity (Wildman–Crippen MR) is 66.2 cm³/mol. The molecular formula is C13H18N2O3. The zero-order chi connectivity index (χ0) is 13.0. The van der Waals surface area contributed by atoms with Crippen molar-refractivity contribution < 1.29 is 14.3 Å². The van der Waals surface area contributed by atoms with Crippen LogP contribution in [0.5, 0.6) is 5.75 Å². The van der Waals surface area contributed by atoms with Crippen LogP contribution < -0.4 is 10.1 Å². The van der Waals surface area contributed by atoms with E-state index in [9.17, 15) is 4.79 Å². The summed E-state index contributed by atoms with van der Waals surface area (Å²) < 4.78 is 10.3. The van der Waals surface area contributed by atoms with Gasteiger partial charge in [-0.3, -0.25) is 4.98 Å². The molecule has 0 aromatic carbocycles. The maximum atomic E-state index is 11.2. The highest BCUT2D eigenvalue weighted by Gasteiger charge is 2.28. The Hall–Kier alpha value is -1.62. The van der Waals surface area contributed by atoms with Crippen molar-refractivity contribution in [2.75, 3.05) is 6.61 Å². The molecule has 0 bridgehead atoms. The lowest BCUT2D eigenvalue weighted by Crippen LogP contribution is -2.23. The number of rotatable bonds is 5. The molecule has 1 unspecified atom stereocenters. The SMILES string of the molecule is CC(C)NCc1ccc(OC2CCOC2=O)cn1. The molecule has 0 spiro atoms. The van der Waals surface area contributed by atoms with E-state index in [1.54, 1.807) is 6.20 Å². The Labute approximate surface area is 107 Å². The van der Waals surface area contributed by atoms with E-state index in [2.05, 4.69) is 24.1 Å². The number of hydrogen-bond acceptors (Lipinski definition) is 5. The van der Waals surface area contributed by atoms with Gasteiger partial charge in [0.05, 0.1) is 18.5 Å². The van der Waals surface area contributed by atoms with Crippen molar-refractivity contribution >= 4 is 5.97 Å². The highest BCUT2D eigenvalue weighted by atomic mass is 16.6. The summed E-state index contributed by atoms with van der Waals surface area (Å²) in [4.78, 5) is 15.5. The fraction of sp³-hybridized carbons (Fsp3) is 0.538. The molecule has 1 atom stereocenters. The second-order valence-corrected chi connectivity index (χ2v) is 4.58. The molecule has 1 saturated heterocycles. The molecule has 2 rings (SSSR count). The van der Waals surface area contributed by atoms with Crippen LogP contribution in [0.1, 0.15) is 26.0 Å². The zero-order valence-electron chi connectivity index (χ0n) is 10.7. The minimum absolute atomic E-state index is 0.291. The number of aromatic nitrogens is 1. The minimum Gasteiger partial charge on any atom is -0.477 e. The van der Waals surface area contributed by atoms with Crippen LogP contribution in [-0.4, -0.2) is 29.7 Å². The number of cyclic esters (lactones) is 1. The molecule has 1 aromatic rings. The van der Waals surface area contributed by atoms with Gasteiger partial charge in [0, 0.05) is 19.0 Å². The van der Waals surface area contributed by atoms with Crippen molar-refractivity contribution in [3.8, 4) is 5.75 Å². The third-order valence-corrected chi connectivity index (χ3v) is 2.65. The summed E-state index contributed by atoms with van der Waals surface area (Å²) in [5, 5.41) is 3.28. The van der Waals surface area contributed by atoms with E-state index < -0.39 is 6.10 Å². The van der Waals surface area contributed by atoms with Gasteiger partial charge in [0.2, 0.25) is 0 Å². The summed E-state index contributed by atoms with van der Waals surface area (Å²) in [7, 11) is 0. The fourth-order valence-electron chi connectivity index (χ4n) is 1.64. The van der Waals surface area contributed by atoms with Gasteiger partial charge < -0.3 is 14.8 Å². The molecule has 0 aliphatic carbocycles. The zero-order valence-corrected chi connectivity index (χ0v) is 10.7. The summed E-state index contributed by atoms with van der Waals surface area (Å²) in [5.74, 6) is 0.313. The first kappa shape index (κ1) is 12.8. The van der Waals surface area contributed by atoms with Crippen LogP contribution >= 0.6 is 0 Å². The molecule has 1 N–H and O–H groups in total. The van der Waals surface area contributed by atoms with Gasteiger partial charge in [0.1, 0.15) is 5.75 Å². The molecule has 1 fully saturated rings. The molecule has 5 nitrogen and oxygen atoms in total. The first-order valence-electron chi connectivity index (χ1n) is 6.17. The molecule has 2 heterocycles. The summed E-state index contributed by atoms with van der Waals surface area (Å²) >= 11 is 0. The molecule has 1 aromatic heterocycles. The van der Waals surface area contributed by atoms with Crippen molar-refractivity contribution in [3.63, 3.8) is 0 Å². The van der Waals surface area contributed by atoms with Crippen LogP contribution in [0.25, 0.3) is 0 Å². The average molecular weight is 250 g/mol. The predicted octanol–water partition coefficient (Wildman–Crippen LogP) is 1.27. The standard InChI is InChI=1S/C13H18N2O3/c1-9(2)14-7-10-3-4-11(8-15-10)18-12-5-6-17-13(12)16/h3-4,8-9,12,14H,5-7H2,1-2H3. The lowest BCUT2D eigenvalue weighted by molar-refractivity contribution is -0.143. The van der Waals surface area contributed by atoms with Crippen LogP contribution in [-0.2, 0) is 16.1 Å². The molecule has 1 aliphatic rings. The first-order chi connectivity index (χ1) is 8.65. The molecule has 1 aliphatic heterocycles. The average Bonchev–Trinajstić information content (AvgIpc) is 2.74. The molecule has 98 valence electrons. The first-order valence-corrected chi connectivity index (χ1v) is 6.17. The van der Waals surface area contributed by atoms with Gasteiger partial charge in [-0.2, -0.15) is 0 Å². The van der Waals surface area contributed by atoms with Gasteiger partial charge in [-0.15, -0.1) is 0 Å². The fourth-order valence-corrected chi connectivity index (χ4v) is 1.64. The molecule has 18 heavy (non-hydrogen) atoms. The largest absolute Gasteiger partial charge is 0.477 e. The van der Waals surface area contributed by atoms with Crippen molar-refractivity contribution in [1.29, 1.82) is 0 Å². The van der Waals surface area contributed by atoms with Crippen LogP contribution in [0, 0.1) is 0 Å². The molecular weight excluding hydrogens is 232 g/mol. The van der Waals surface area contributed by atoms with Gasteiger partial charge in [0.25, 0.3) is 0 Å². The number of carbonyl (C=O) groups is 1. The van der Waals surface area contributed by atoms with E-state index >= 15 is 0 Å². The van der Waals surface area contributed by atoms with Gasteiger partial charge in [0.15, 0.2) is 6.10 Å². The van der Waals surface area contributed by atoms with E-state index in [4.69, 9.17) is 9.47 Å². The highest BCUT2D eigenvalue weighted by Crippen LogP contribution is 2.16. The Morgan fingerprint density at radius 3 is 2.94 bits per heavy atom. The van der Waals surface area contributed by atoms with E-state index in [1.165, 1.54) is 0 Å². The topological polar surface area (TPSA) is 60.5 Å². The second kappa shape index (κ2) is 5.82. The summed E-state index contributed by atoms with van der Waals surface area (Å²) in [6.07, 6.45) is 1.77. The summed E-state index contributed by atoms with van der Waals surface area (Å²) in [5.41, 5.74) is 0.949. The quantitative estimate of drug-likeness (QED) is 0.797. The van der Waals surface area contributed by atoms with Crippen LogP contribution in [0.3, 0.4) is 0 Å². The van der Waals surface area contributed by atoms with Crippen LogP contribution in [0.4, 0.5) is 0 Å². The monoisotopic (exact) mass is 250 g/mol. The van der Waals surface area contributed by atoms with Gasteiger partial charge >= 0.3 is 5.97 Å². The maximum absolute atomic E-state index is 11.2. The van der Waals surface area contributed by atoms with Crippen LogP contribution in [0.2, 0.25) is 0 Å². The molecule has 5 heteroatoms. The number of nitrogens with one attached hydrogen (secondary N) is 1. The third-order valence-electron chi connectivity index (χ3n) is 2.65. The van der Waals surface area contributed by atoms with E-state index in [0.717, 1.165) is 12.2 Å². The Morgan fingerprint density at radius 1 is 1.56 bits per heavy atom. The number of ether oxygens (including phenoxy) is 2. The second-order valence-electron chi connectivity index (χ2n) is 4.58. The Balaban J connectivity index is 1.89. The van der Waals surface area contributed by atoms with E-state index in [0.29, 0.717) is 24.8 Å². The number of carbonyl (C=O) groups excluding carboxylic acids is 1. The highest BCUT2D eigenvalue weighted by molar-refractivity contribution is 5.76. The Bertz CT molecular complexity index is 403. The maximum Gasteiger partial charge on any atom is 0.347 e. The summed E-state index contributed by atoms with van der Waals surface area (Å²) in [6, 6.07) is 4.15. The minimum atomic E-state index is -0.480. The van der Waals surface area contributed by atoms with Crippen LogP contribution in [0.15, 0.2) is 18.3 Å². The normalized spacial score (nSPS) is 19.1. The molecule has 0 saturated carbocycles. The number of nitrogens with zero attached hydrogens (tertiary/aromatic N) is 1. The number of pyridine rings is 1. The number of esters is 1. The smallest absolute Gasteiger partial charge is 0.347 e. The summed E-state index contributed by atoms with van der Waals surface area (Å²) in [6.45, 7) is 5.34. The molecule has 0 amide bonds. The van der Waals surface area contributed by atoms with Gasteiger partial charge in [-0.05, 0) is 12.1 Å². The number of hydrogen-bond donors (Lipinski definition) is 1. The Kier molecular flexibility index (Phi) is 4.15. The lowest BCUT2D eigenvalue weighted by atomic mass is 10.3. The van der Waals surface area contributed by atoms with Crippen molar-refractivity contribution in [2.45, 2.75) is 39.0 Å². The Morgan fingerprint density at radius 2 is 2.39 bits per heavy atom.